The molecule has 0 saturated carbocycles. The van der Waals surface area contributed by atoms with Crippen LogP contribution in [0.4, 0.5) is 18.9 Å². The molecule has 2 heterocycles. The molecule has 1 aliphatic rings. The number of carbonyl (C=O) groups is 1. The van der Waals surface area contributed by atoms with Gasteiger partial charge in [0, 0.05) is 24.4 Å². The molecule has 27 heavy (non-hydrogen) atoms. The predicted molar refractivity (Wildman–Crippen MR) is 99.4 cm³/mol. The summed E-state index contributed by atoms with van der Waals surface area (Å²) in [5.41, 5.74) is 0.179. The lowest BCUT2D eigenvalue weighted by Crippen LogP contribution is -2.25. The Balaban J connectivity index is 1.66. The molecule has 1 amide bonds. The van der Waals surface area contributed by atoms with E-state index in [0.717, 1.165) is 41.8 Å². The van der Waals surface area contributed by atoms with Gasteiger partial charge < -0.3 is 5.32 Å². The van der Waals surface area contributed by atoms with Crippen LogP contribution in [0.25, 0.3) is 0 Å². The van der Waals surface area contributed by atoms with E-state index in [4.69, 9.17) is 0 Å². The lowest BCUT2D eigenvalue weighted by molar-refractivity contribution is -0.137. The Morgan fingerprint density at radius 1 is 1.33 bits per heavy atom. The van der Waals surface area contributed by atoms with E-state index in [2.05, 4.69) is 10.3 Å². The molecule has 5 nitrogen and oxygen atoms in total. The van der Waals surface area contributed by atoms with Gasteiger partial charge in [-0.25, -0.2) is 4.98 Å². The van der Waals surface area contributed by atoms with Gasteiger partial charge in [0.2, 0.25) is 5.91 Å². The highest BCUT2D eigenvalue weighted by atomic mass is 32.2. The van der Waals surface area contributed by atoms with Crippen molar-refractivity contribution >= 4 is 35.1 Å². The molecule has 1 aliphatic heterocycles. The summed E-state index contributed by atoms with van der Waals surface area (Å²) in [4.78, 5) is 29.7. The van der Waals surface area contributed by atoms with Crippen LogP contribution in [0.1, 0.15) is 18.2 Å². The van der Waals surface area contributed by atoms with Gasteiger partial charge >= 0.3 is 6.18 Å². The van der Waals surface area contributed by atoms with Crippen LogP contribution in [0.3, 0.4) is 0 Å². The average Bonchev–Trinajstić information content (AvgIpc) is 3.08. The van der Waals surface area contributed by atoms with Crippen LogP contribution in [0.15, 0.2) is 39.1 Å². The second-order valence-electron chi connectivity index (χ2n) is 5.73. The van der Waals surface area contributed by atoms with Crippen molar-refractivity contribution < 1.29 is 18.0 Å². The van der Waals surface area contributed by atoms with Crippen molar-refractivity contribution in [1.82, 2.24) is 9.55 Å². The number of fused-ring (bicyclic) bond motifs is 1. The van der Waals surface area contributed by atoms with Crippen LogP contribution in [0.5, 0.6) is 0 Å². The molecule has 1 aromatic carbocycles. The van der Waals surface area contributed by atoms with E-state index in [-0.39, 0.29) is 22.9 Å². The zero-order valence-corrected chi connectivity index (χ0v) is 15.9. The largest absolute Gasteiger partial charge is 0.416 e. The molecule has 0 fully saturated rings. The van der Waals surface area contributed by atoms with E-state index in [9.17, 15) is 22.8 Å². The fourth-order valence-electron chi connectivity index (χ4n) is 2.58. The minimum Gasteiger partial charge on any atom is -0.325 e. The van der Waals surface area contributed by atoms with Gasteiger partial charge in [-0.3, -0.25) is 14.2 Å². The molecule has 0 atom stereocenters. The van der Waals surface area contributed by atoms with Crippen LogP contribution in [0.2, 0.25) is 0 Å². The third-order valence-corrected chi connectivity index (χ3v) is 5.98. The summed E-state index contributed by atoms with van der Waals surface area (Å²) in [6, 6.07) is 4.24. The Bertz CT molecular complexity index is 911. The van der Waals surface area contributed by atoms with Crippen molar-refractivity contribution in [1.29, 1.82) is 0 Å². The molecule has 1 N–H and O–H groups in total. The van der Waals surface area contributed by atoms with Gasteiger partial charge in [-0.05, 0) is 31.2 Å². The molecular formula is C17H16F3N3O2S2. The summed E-state index contributed by atoms with van der Waals surface area (Å²) in [6.45, 7) is 2.28. The van der Waals surface area contributed by atoms with Crippen LogP contribution in [-0.4, -0.2) is 27.0 Å². The SMILES string of the molecule is CCn1c(SCC(=O)Nc2ccc(C(F)(F)F)cc2)nc2c(c1=O)SCC2. The molecule has 0 radical (unpaired) electrons. The summed E-state index contributed by atoms with van der Waals surface area (Å²) in [5.74, 6) is 0.440. The zero-order chi connectivity index (χ0) is 19.6. The van der Waals surface area contributed by atoms with Crippen molar-refractivity contribution in [3.8, 4) is 0 Å². The molecule has 0 saturated heterocycles. The fourth-order valence-corrected chi connectivity index (χ4v) is 4.50. The number of nitrogens with zero attached hydrogens (tertiary/aromatic N) is 2. The minimum atomic E-state index is -4.42. The molecule has 0 bridgehead atoms. The van der Waals surface area contributed by atoms with E-state index in [1.54, 1.807) is 0 Å². The van der Waals surface area contributed by atoms with Crippen molar-refractivity contribution in [2.45, 2.75) is 36.1 Å². The first-order valence-corrected chi connectivity index (χ1v) is 10.1. The molecule has 0 spiro atoms. The van der Waals surface area contributed by atoms with Gasteiger partial charge in [0.25, 0.3) is 5.56 Å². The van der Waals surface area contributed by atoms with Gasteiger partial charge in [0.15, 0.2) is 5.16 Å². The maximum absolute atomic E-state index is 12.6. The Hall–Kier alpha value is -1.94. The summed E-state index contributed by atoms with van der Waals surface area (Å²) in [7, 11) is 0. The highest BCUT2D eigenvalue weighted by Crippen LogP contribution is 2.30. The number of carbonyl (C=O) groups excluding carboxylic acids is 1. The Labute approximate surface area is 161 Å². The molecule has 144 valence electrons. The fraction of sp³-hybridized carbons (Fsp3) is 0.353. The molecule has 0 aliphatic carbocycles. The van der Waals surface area contributed by atoms with Gasteiger partial charge in [-0.2, -0.15) is 13.2 Å². The number of nitrogens with one attached hydrogen (secondary N) is 1. The molecule has 1 aromatic heterocycles. The smallest absolute Gasteiger partial charge is 0.325 e. The second kappa shape index (κ2) is 7.97. The second-order valence-corrected chi connectivity index (χ2v) is 7.78. The maximum Gasteiger partial charge on any atom is 0.416 e. The van der Waals surface area contributed by atoms with Gasteiger partial charge in [-0.15, -0.1) is 11.8 Å². The Kier molecular flexibility index (Phi) is 5.85. The van der Waals surface area contributed by atoms with Crippen molar-refractivity contribution in [2.24, 2.45) is 0 Å². The third kappa shape index (κ3) is 4.49. The van der Waals surface area contributed by atoms with Gasteiger partial charge in [0.1, 0.15) is 0 Å². The first kappa shape index (κ1) is 19.8. The molecule has 3 rings (SSSR count). The topological polar surface area (TPSA) is 64.0 Å². The average molecular weight is 415 g/mol. The highest BCUT2D eigenvalue weighted by molar-refractivity contribution is 8.00. The molecule has 10 heteroatoms. The standard InChI is InChI=1S/C17H16F3N3O2S2/c1-2-23-15(25)14-12(7-8-26-14)22-16(23)27-9-13(24)21-11-5-3-10(4-6-11)17(18,19)20/h3-6H,2,7-9H2,1H3,(H,21,24). The van der Waals surface area contributed by atoms with Crippen molar-refractivity contribution in [3.05, 3.63) is 45.9 Å². The summed E-state index contributed by atoms with van der Waals surface area (Å²) < 4.78 is 39.2. The first-order chi connectivity index (χ1) is 12.8. The number of thioether (sulfide) groups is 2. The summed E-state index contributed by atoms with van der Waals surface area (Å²) in [6.07, 6.45) is -3.69. The number of alkyl halides is 3. The summed E-state index contributed by atoms with van der Waals surface area (Å²) >= 11 is 2.63. The Morgan fingerprint density at radius 2 is 2.04 bits per heavy atom. The van der Waals surface area contributed by atoms with Gasteiger partial charge in [0.05, 0.1) is 21.9 Å². The number of aryl methyl sites for hydroxylation is 1. The molecule has 2 aromatic rings. The van der Waals surface area contributed by atoms with E-state index in [1.165, 1.54) is 28.5 Å². The van der Waals surface area contributed by atoms with E-state index >= 15 is 0 Å². The minimum absolute atomic E-state index is 0.000603. The first-order valence-electron chi connectivity index (χ1n) is 8.16. The number of hydrogen-bond acceptors (Lipinski definition) is 5. The Morgan fingerprint density at radius 3 is 2.67 bits per heavy atom. The molecular weight excluding hydrogens is 399 g/mol. The van der Waals surface area contributed by atoms with Crippen LogP contribution in [0, 0.1) is 0 Å². The third-order valence-electron chi connectivity index (χ3n) is 3.89. The lowest BCUT2D eigenvalue weighted by atomic mass is 10.2. The number of anilines is 1. The number of aromatic nitrogens is 2. The van der Waals surface area contributed by atoms with E-state index in [1.807, 2.05) is 6.92 Å². The van der Waals surface area contributed by atoms with E-state index in [0.29, 0.717) is 16.6 Å². The highest BCUT2D eigenvalue weighted by Gasteiger charge is 2.30. The van der Waals surface area contributed by atoms with Crippen molar-refractivity contribution in [3.63, 3.8) is 0 Å². The van der Waals surface area contributed by atoms with E-state index < -0.39 is 11.7 Å². The number of rotatable bonds is 5. The lowest BCUT2D eigenvalue weighted by Gasteiger charge is -2.12. The number of halogens is 3. The zero-order valence-electron chi connectivity index (χ0n) is 14.3. The monoisotopic (exact) mass is 415 g/mol. The number of benzene rings is 1. The van der Waals surface area contributed by atoms with Crippen LogP contribution >= 0.6 is 23.5 Å². The maximum atomic E-state index is 12.6. The quantitative estimate of drug-likeness (QED) is 0.597. The number of hydrogen-bond donors (Lipinski definition) is 1. The summed E-state index contributed by atoms with van der Waals surface area (Å²) in [5, 5.41) is 3.03. The number of amides is 1. The molecule has 0 unspecified atom stereocenters. The van der Waals surface area contributed by atoms with Crippen LogP contribution < -0.4 is 10.9 Å². The normalized spacial score (nSPS) is 13.5. The van der Waals surface area contributed by atoms with Crippen LogP contribution in [-0.2, 0) is 23.9 Å². The van der Waals surface area contributed by atoms with Crippen molar-refractivity contribution in [2.75, 3.05) is 16.8 Å². The van der Waals surface area contributed by atoms with Gasteiger partial charge in [-0.1, -0.05) is 11.8 Å². The predicted octanol–water partition coefficient (Wildman–Crippen LogP) is 3.66.